The van der Waals surface area contributed by atoms with Gasteiger partial charge in [-0.25, -0.2) is 4.68 Å². The van der Waals surface area contributed by atoms with Gasteiger partial charge >= 0.3 is 0 Å². The van der Waals surface area contributed by atoms with Crippen LogP contribution >= 0.6 is 0 Å². The SMILES string of the molecule is CNCc1cnnn1-c1ccc(C#N)c(C#N)c1. The van der Waals surface area contributed by atoms with Gasteiger partial charge in [-0.3, -0.25) is 0 Å². The molecule has 6 nitrogen and oxygen atoms in total. The van der Waals surface area contributed by atoms with Crippen molar-refractivity contribution in [1.82, 2.24) is 20.3 Å². The number of nitrogens with one attached hydrogen (secondary N) is 1. The normalized spacial score (nSPS) is 9.72. The Bertz CT molecular complexity index is 643. The summed E-state index contributed by atoms with van der Waals surface area (Å²) in [5.74, 6) is 0. The predicted molar refractivity (Wildman–Crippen MR) is 63.6 cm³/mol. The van der Waals surface area contributed by atoms with Gasteiger partial charge in [0, 0.05) is 6.54 Å². The summed E-state index contributed by atoms with van der Waals surface area (Å²) in [6.07, 6.45) is 1.65. The first-order valence-corrected chi connectivity index (χ1v) is 5.29. The monoisotopic (exact) mass is 238 g/mol. The fourth-order valence-electron chi connectivity index (χ4n) is 1.63. The van der Waals surface area contributed by atoms with Crippen LogP contribution in [0.3, 0.4) is 0 Å². The third kappa shape index (κ3) is 2.05. The molecule has 1 heterocycles. The third-order valence-electron chi connectivity index (χ3n) is 2.47. The van der Waals surface area contributed by atoms with Crippen LogP contribution in [0, 0.1) is 22.7 Å². The van der Waals surface area contributed by atoms with Gasteiger partial charge in [0.15, 0.2) is 0 Å². The number of hydrogen-bond acceptors (Lipinski definition) is 5. The van der Waals surface area contributed by atoms with Crippen molar-refractivity contribution in [1.29, 1.82) is 10.5 Å². The van der Waals surface area contributed by atoms with E-state index < -0.39 is 0 Å². The zero-order valence-corrected chi connectivity index (χ0v) is 9.75. The molecule has 0 aliphatic heterocycles. The number of aromatic nitrogens is 3. The Hall–Kier alpha value is -2.70. The Morgan fingerprint density at radius 3 is 2.72 bits per heavy atom. The summed E-state index contributed by atoms with van der Waals surface area (Å²) in [5.41, 5.74) is 2.29. The first-order valence-electron chi connectivity index (χ1n) is 5.29. The molecule has 1 aromatic heterocycles. The van der Waals surface area contributed by atoms with Gasteiger partial charge in [0.25, 0.3) is 0 Å². The molecule has 1 N–H and O–H groups in total. The number of rotatable bonds is 3. The smallest absolute Gasteiger partial charge is 0.101 e. The Morgan fingerprint density at radius 2 is 2.06 bits per heavy atom. The average Bonchev–Trinajstić information content (AvgIpc) is 2.86. The maximum atomic E-state index is 8.99. The molecule has 0 fully saturated rings. The molecule has 0 radical (unpaired) electrons. The van der Waals surface area contributed by atoms with Crippen molar-refractivity contribution in [2.45, 2.75) is 6.54 Å². The standard InChI is InChI=1S/C12H10N6/c1-15-7-12-8-16-17-18(12)11-3-2-9(5-13)10(4-11)6-14/h2-4,8,15H,7H2,1H3. The van der Waals surface area contributed by atoms with Crippen LogP contribution in [-0.2, 0) is 6.54 Å². The molecule has 0 aliphatic carbocycles. The van der Waals surface area contributed by atoms with E-state index in [0.717, 1.165) is 5.69 Å². The second-order valence-electron chi connectivity index (χ2n) is 3.62. The fourth-order valence-corrected chi connectivity index (χ4v) is 1.63. The van der Waals surface area contributed by atoms with Gasteiger partial charge in [0.1, 0.15) is 12.1 Å². The van der Waals surface area contributed by atoms with Crippen LogP contribution in [0.4, 0.5) is 0 Å². The van der Waals surface area contributed by atoms with Crippen molar-refractivity contribution in [2.24, 2.45) is 0 Å². The van der Waals surface area contributed by atoms with Gasteiger partial charge in [0.2, 0.25) is 0 Å². The first-order chi connectivity index (χ1) is 8.80. The summed E-state index contributed by atoms with van der Waals surface area (Å²) in [6.45, 7) is 0.620. The zero-order valence-electron chi connectivity index (χ0n) is 9.75. The van der Waals surface area contributed by atoms with Crippen LogP contribution < -0.4 is 5.32 Å². The molecule has 0 saturated heterocycles. The molecule has 0 atom stereocenters. The summed E-state index contributed by atoms with van der Waals surface area (Å²) < 4.78 is 1.64. The van der Waals surface area contributed by atoms with E-state index in [0.29, 0.717) is 23.4 Å². The van der Waals surface area contributed by atoms with E-state index in [2.05, 4.69) is 15.6 Å². The molecule has 0 bridgehead atoms. The van der Waals surface area contributed by atoms with Crippen LogP contribution in [-0.4, -0.2) is 22.0 Å². The van der Waals surface area contributed by atoms with Crippen LogP contribution in [0.1, 0.15) is 16.8 Å². The molecule has 0 unspecified atom stereocenters. The Balaban J connectivity index is 2.49. The Labute approximate surface area is 104 Å². The lowest BCUT2D eigenvalue weighted by Gasteiger charge is -2.06. The molecule has 0 amide bonds. The zero-order chi connectivity index (χ0) is 13.0. The van der Waals surface area contributed by atoms with Gasteiger partial charge in [0.05, 0.1) is 28.7 Å². The maximum Gasteiger partial charge on any atom is 0.101 e. The molecule has 88 valence electrons. The van der Waals surface area contributed by atoms with Crippen molar-refractivity contribution < 1.29 is 0 Å². The molecular formula is C12H10N6. The van der Waals surface area contributed by atoms with E-state index in [1.165, 1.54) is 0 Å². The van der Waals surface area contributed by atoms with Crippen molar-refractivity contribution >= 4 is 0 Å². The van der Waals surface area contributed by atoms with Crippen LogP contribution in [0.15, 0.2) is 24.4 Å². The minimum atomic E-state index is 0.334. The van der Waals surface area contributed by atoms with Crippen LogP contribution in [0.2, 0.25) is 0 Å². The summed E-state index contributed by atoms with van der Waals surface area (Å²) in [7, 11) is 1.83. The third-order valence-corrected chi connectivity index (χ3v) is 2.47. The predicted octanol–water partition coefficient (Wildman–Crippen LogP) is 0.730. The highest BCUT2D eigenvalue weighted by molar-refractivity contribution is 5.51. The van der Waals surface area contributed by atoms with Crippen molar-refractivity contribution in [2.75, 3.05) is 7.05 Å². The lowest BCUT2D eigenvalue weighted by molar-refractivity contribution is 0.714. The highest BCUT2D eigenvalue weighted by atomic mass is 15.4. The highest BCUT2D eigenvalue weighted by Gasteiger charge is 2.08. The largest absolute Gasteiger partial charge is 0.314 e. The fraction of sp³-hybridized carbons (Fsp3) is 0.167. The first kappa shape index (κ1) is 11.8. The molecule has 2 aromatic rings. The van der Waals surface area contributed by atoms with Gasteiger partial charge in [-0.05, 0) is 25.2 Å². The molecule has 0 saturated carbocycles. The summed E-state index contributed by atoms with van der Waals surface area (Å²) in [4.78, 5) is 0. The molecule has 0 spiro atoms. The van der Waals surface area contributed by atoms with E-state index in [-0.39, 0.29) is 0 Å². The van der Waals surface area contributed by atoms with Crippen molar-refractivity contribution in [3.63, 3.8) is 0 Å². The summed E-state index contributed by atoms with van der Waals surface area (Å²) in [6, 6.07) is 8.96. The highest BCUT2D eigenvalue weighted by Crippen LogP contribution is 2.15. The summed E-state index contributed by atoms with van der Waals surface area (Å²) >= 11 is 0. The van der Waals surface area contributed by atoms with E-state index in [1.54, 1.807) is 29.1 Å². The van der Waals surface area contributed by atoms with Crippen LogP contribution in [0.5, 0.6) is 0 Å². The summed E-state index contributed by atoms with van der Waals surface area (Å²) in [5, 5.41) is 28.7. The topological polar surface area (TPSA) is 90.3 Å². The molecule has 1 aromatic carbocycles. The van der Waals surface area contributed by atoms with Gasteiger partial charge in [-0.1, -0.05) is 5.21 Å². The second kappa shape index (κ2) is 5.09. The molecule has 0 aliphatic rings. The van der Waals surface area contributed by atoms with Gasteiger partial charge < -0.3 is 5.32 Å². The van der Waals surface area contributed by atoms with E-state index in [4.69, 9.17) is 10.5 Å². The Kier molecular flexibility index (Phi) is 3.33. The van der Waals surface area contributed by atoms with E-state index in [1.807, 2.05) is 19.2 Å². The van der Waals surface area contributed by atoms with Crippen LogP contribution in [0.25, 0.3) is 5.69 Å². The minimum absolute atomic E-state index is 0.334. The number of nitrogens with zero attached hydrogens (tertiary/aromatic N) is 5. The number of benzene rings is 1. The van der Waals surface area contributed by atoms with Gasteiger partial charge in [-0.2, -0.15) is 10.5 Å². The van der Waals surface area contributed by atoms with E-state index in [9.17, 15) is 0 Å². The average molecular weight is 238 g/mol. The van der Waals surface area contributed by atoms with Crippen molar-refractivity contribution in [3.05, 3.63) is 41.2 Å². The van der Waals surface area contributed by atoms with Gasteiger partial charge in [-0.15, -0.1) is 5.10 Å². The molecular weight excluding hydrogens is 228 g/mol. The lowest BCUT2D eigenvalue weighted by atomic mass is 10.1. The maximum absolute atomic E-state index is 8.99. The lowest BCUT2D eigenvalue weighted by Crippen LogP contribution is -2.11. The van der Waals surface area contributed by atoms with E-state index >= 15 is 0 Å². The quantitative estimate of drug-likeness (QED) is 0.851. The molecule has 18 heavy (non-hydrogen) atoms. The Morgan fingerprint density at radius 1 is 1.28 bits per heavy atom. The second-order valence-corrected chi connectivity index (χ2v) is 3.62. The minimum Gasteiger partial charge on any atom is -0.314 e. The number of nitriles is 2. The van der Waals surface area contributed by atoms with Crippen molar-refractivity contribution in [3.8, 4) is 17.8 Å². The molecule has 6 heteroatoms. The molecule has 2 rings (SSSR count). The number of hydrogen-bond donors (Lipinski definition) is 1.